The molecule has 2 aromatic heterocycles. The van der Waals surface area contributed by atoms with Crippen LogP contribution in [0.5, 0.6) is 0 Å². The number of nitrogens with one attached hydrogen (secondary N) is 1. The van der Waals surface area contributed by atoms with E-state index >= 15 is 0 Å². The summed E-state index contributed by atoms with van der Waals surface area (Å²) in [6.07, 6.45) is 2.78. The normalized spacial score (nSPS) is 11.9. The Kier molecular flexibility index (Phi) is 3.24. The van der Waals surface area contributed by atoms with Crippen molar-refractivity contribution in [2.75, 3.05) is 6.26 Å². The molecule has 0 spiro atoms. The van der Waals surface area contributed by atoms with E-state index in [1.54, 1.807) is 30.6 Å². The maximum Gasteiger partial charge on any atom is 0.251 e. The van der Waals surface area contributed by atoms with Crippen LogP contribution in [0.25, 0.3) is 28.3 Å². The van der Waals surface area contributed by atoms with Gasteiger partial charge in [-0.2, -0.15) is 0 Å². The van der Waals surface area contributed by atoms with Crippen LogP contribution >= 0.6 is 0 Å². The van der Waals surface area contributed by atoms with Gasteiger partial charge in [0.2, 0.25) is 0 Å². The highest BCUT2D eigenvalue weighted by Crippen LogP contribution is 2.32. The van der Waals surface area contributed by atoms with E-state index in [0.29, 0.717) is 5.78 Å². The van der Waals surface area contributed by atoms with Crippen molar-refractivity contribution in [2.24, 2.45) is 0 Å². The summed E-state index contributed by atoms with van der Waals surface area (Å²) in [7, 11) is -3.22. The summed E-state index contributed by atoms with van der Waals surface area (Å²) in [5.74, 6) is 0.566. The summed E-state index contributed by atoms with van der Waals surface area (Å²) in [6.45, 7) is 0. The number of hydrogen-bond acceptors (Lipinski definition) is 4. The molecule has 0 atom stereocenters. The van der Waals surface area contributed by atoms with Crippen LogP contribution < -0.4 is 0 Å². The van der Waals surface area contributed by atoms with Gasteiger partial charge in [0, 0.05) is 17.4 Å². The third kappa shape index (κ3) is 2.39. The summed E-state index contributed by atoms with van der Waals surface area (Å²) in [5.41, 5.74) is 3.47. The average molecular weight is 338 g/mol. The zero-order valence-electron chi connectivity index (χ0n) is 12.8. The summed E-state index contributed by atoms with van der Waals surface area (Å²) < 4.78 is 25.1. The van der Waals surface area contributed by atoms with Crippen LogP contribution in [-0.2, 0) is 9.84 Å². The molecule has 0 amide bonds. The predicted octanol–water partition coefficient (Wildman–Crippen LogP) is 2.79. The van der Waals surface area contributed by atoms with Crippen LogP contribution in [0.3, 0.4) is 0 Å². The van der Waals surface area contributed by atoms with Gasteiger partial charge in [-0.25, -0.2) is 22.9 Å². The standard InChI is InChI=1S/C17H14N4O2S/c1-24(22,23)14-9-7-12(8-10-14)15-16(13-5-3-2-4-6-13)21-17(20-15)18-11-19-21/h2-11H,1H3,(H,18,19,20). The Hall–Kier alpha value is -2.93. The number of nitrogens with zero attached hydrogens (tertiary/aromatic N) is 3. The Morgan fingerprint density at radius 3 is 2.33 bits per heavy atom. The van der Waals surface area contributed by atoms with E-state index in [1.807, 2.05) is 34.8 Å². The van der Waals surface area contributed by atoms with Crippen LogP contribution in [0.2, 0.25) is 0 Å². The molecule has 24 heavy (non-hydrogen) atoms. The number of rotatable bonds is 3. The lowest BCUT2D eigenvalue weighted by Gasteiger charge is -2.05. The molecule has 4 rings (SSSR count). The molecule has 0 bridgehead atoms. The third-order valence-electron chi connectivity index (χ3n) is 3.83. The van der Waals surface area contributed by atoms with E-state index in [9.17, 15) is 8.42 Å². The smallest absolute Gasteiger partial charge is 0.251 e. The van der Waals surface area contributed by atoms with Gasteiger partial charge in [-0.05, 0) is 12.1 Å². The molecule has 0 fully saturated rings. The van der Waals surface area contributed by atoms with Crippen LogP contribution in [0.1, 0.15) is 0 Å². The van der Waals surface area contributed by atoms with Gasteiger partial charge in [0.25, 0.3) is 5.78 Å². The number of hydrogen-bond donors (Lipinski definition) is 1. The lowest BCUT2D eigenvalue weighted by atomic mass is 10.1. The van der Waals surface area contributed by atoms with Crippen LogP contribution in [-0.4, -0.2) is 34.3 Å². The molecule has 0 aliphatic rings. The van der Waals surface area contributed by atoms with Gasteiger partial charge >= 0.3 is 0 Å². The molecule has 2 aromatic carbocycles. The van der Waals surface area contributed by atoms with E-state index in [2.05, 4.69) is 15.1 Å². The van der Waals surface area contributed by atoms with Gasteiger partial charge in [0.15, 0.2) is 9.84 Å². The molecule has 0 aliphatic heterocycles. The molecule has 7 heteroatoms. The Bertz CT molecular complexity index is 1110. The first-order valence-electron chi connectivity index (χ1n) is 7.32. The Morgan fingerprint density at radius 2 is 1.67 bits per heavy atom. The summed E-state index contributed by atoms with van der Waals surface area (Å²) in [5, 5.41) is 3.06. The number of aromatic amines is 1. The average Bonchev–Trinajstić information content (AvgIpc) is 3.15. The van der Waals surface area contributed by atoms with Gasteiger partial charge in [0.1, 0.15) is 17.7 Å². The molecule has 2 heterocycles. The highest BCUT2D eigenvalue weighted by molar-refractivity contribution is 7.90. The van der Waals surface area contributed by atoms with Crippen molar-refractivity contribution in [2.45, 2.75) is 4.90 Å². The minimum Gasteiger partial charge on any atom is -0.280 e. The summed E-state index contributed by atoms with van der Waals surface area (Å²) in [6, 6.07) is 16.6. The lowest BCUT2D eigenvalue weighted by molar-refractivity contribution is 0.602. The number of benzene rings is 2. The van der Waals surface area contributed by atoms with Crippen molar-refractivity contribution in [3.8, 4) is 22.5 Å². The Balaban J connectivity index is 1.93. The van der Waals surface area contributed by atoms with Gasteiger partial charge < -0.3 is 0 Å². The van der Waals surface area contributed by atoms with Crippen molar-refractivity contribution in [1.29, 1.82) is 0 Å². The second-order valence-corrected chi connectivity index (χ2v) is 7.51. The quantitative estimate of drug-likeness (QED) is 0.623. The van der Waals surface area contributed by atoms with Crippen LogP contribution in [0, 0.1) is 0 Å². The van der Waals surface area contributed by atoms with E-state index < -0.39 is 9.84 Å². The van der Waals surface area contributed by atoms with Gasteiger partial charge in [-0.1, -0.05) is 42.5 Å². The molecule has 0 saturated heterocycles. The highest BCUT2D eigenvalue weighted by Gasteiger charge is 2.18. The SMILES string of the molecule is CS(=O)(=O)c1ccc(-c2nc3nc[nH]n3c2-c2ccccc2)cc1. The van der Waals surface area contributed by atoms with Gasteiger partial charge in [-0.3, -0.25) is 5.10 Å². The first-order valence-corrected chi connectivity index (χ1v) is 9.21. The Labute approximate surface area is 138 Å². The number of sulfone groups is 1. The zero-order valence-corrected chi connectivity index (χ0v) is 13.7. The first kappa shape index (κ1) is 14.6. The van der Waals surface area contributed by atoms with Crippen molar-refractivity contribution in [3.05, 3.63) is 60.9 Å². The Morgan fingerprint density at radius 1 is 0.958 bits per heavy atom. The van der Waals surface area contributed by atoms with Crippen LogP contribution in [0.4, 0.5) is 0 Å². The second kappa shape index (κ2) is 5.31. The molecular weight excluding hydrogens is 324 g/mol. The first-order chi connectivity index (χ1) is 11.5. The molecule has 1 N–H and O–H groups in total. The molecule has 0 aliphatic carbocycles. The van der Waals surface area contributed by atoms with Crippen molar-refractivity contribution >= 4 is 15.6 Å². The molecule has 0 unspecified atom stereocenters. The number of imidazole rings is 1. The molecule has 0 radical (unpaired) electrons. The van der Waals surface area contributed by atoms with E-state index in [4.69, 9.17) is 0 Å². The largest absolute Gasteiger partial charge is 0.280 e. The van der Waals surface area contributed by atoms with E-state index in [-0.39, 0.29) is 4.90 Å². The molecule has 4 aromatic rings. The number of aromatic nitrogens is 4. The summed E-state index contributed by atoms with van der Waals surface area (Å²) in [4.78, 5) is 9.08. The zero-order chi connectivity index (χ0) is 16.7. The predicted molar refractivity (Wildman–Crippen MR) is 91.3 cm³/mol. The fourth-order valence-corrected chi connectivity index (χ4v) is 3.32. The van der Waals surface area contributed by atoms with E-state index in [1.165, 1.54) is 6.26 Å². The number of fused-ring (bicyclic) bond motifs is 1. The minimum atomic E-state index is -3.22. The van der Waals surface area contributed by atoms with Crippen LogP contribution in [0.15, 0.2) is 65.8 Å². The van der Waals surface area contributed by atoms with Gasteiger partial charge in [0.05, 0.1) is 4.90 Å². The summed E-state index contributed by atoms with van der Waals surface area (Å²) >= 11 is 0. The fraction of sp³-hybridized carbons (Fsp3) is 0.0588. The molecule has 6 nitrogen and oxygen atoms in total. The maximum atomic E-state index is 11.6. The second-order valence-electron chi connectivity index (χ2n) is 5.49. The number of H-pyrrole nitrogens is 1. The van der Waals surface area contributed by atoms with Crippen molar-refractivity contribution < 1.29 is 8.42 Å². The maximum absolute atomic E-state index is 11.6. The topological polar surface area (TPSA) is 80.1 Å². The van der Waals surface area contributed by atoms with Crippen molar-refractivity contribution in [1.82, 2.24) is 19.6 Å². The molecular formula is C17H14N4O2S. The van der Waals surface area contributed by atoms with Gasteiger partial charge in [-0.15, -0.1) is 0 Å². The molecule has 120 valence electrons. The molecule has 0 saturated carbocycles. The third-order valence-corrected chi connectivity index (χ3v) is 4.96. The monoisotopic (exact) mass is 338 g/mol. The highest BCUT2D eigenvalue weighted by atomic mass is 32.2. The minimum absolute atomic E-state index is 0.287. The van der Waals surface area contributed by atoms with Crippen molar-refractivity contribution in [3.63, 3.8) is 0 Å². The van der Waals surface area contributed by atoms with E-state index in [0.717, 1.165) is 22.5 Å². The fourth-order valence-electron chi connectivity index (χ4n) is 2.69. The lowest BCUT2D eigenvalue weighted by Crippen LogP contribution is -1.96.